The fourth-order valence-corrected chi connectivity index (χ4v) is 3.41. The number of benzene rings is 2. The van der Waals surface area contributed by atoms with E-state index < -0.39 is 0 Å². The monoisotopic (exact) mass is 430 g/mol. The van der Waals surface area contributed by atoms with Crippen molar-refractivity contribution in [1.82, 2.24) is 20.4 Å². The third kappa shape index (κ3) is 5.80. The Morgan fingerprint density at radius 2 is 2.00 bits per heavy atom. The maximum atomic E-state index is 13.5. The average molecular weight is 431 g/mol. The second-order valence-electron chi connectivity index (χ2n) is 6.73. The second kappa shape index (κ2) is 10.2. The van der Waals surface area contributed by atoms with Crippen LogP contribution in [0.15, 0.2) is 58.2 Å². The summed E-state index contributed by atoms with van der Waals surface area (Å²) in [5.74, 6) is 0.768. The van der Waals surface area contributed by atoms with Gasteiger partial charge in [0.1, 0.15) is 11.6 Å². The van der Waals surface area contributed by atoms with Gasteiger partial charge < -0.3 is 19.4 Å². The molecule has 3 rings (SSSR count). The molecule has 1 atom stereocenters. The summed E-state index contributed by atoms with van der Waals surface area (Å²) in [6.45, 7) is 0.358. The molecule has 3 aromatic rings. The van der Waals surface area contributed by atoms with E-state index >= 15 is 0 Å². The first-order chi connectivity index (χ1) is 14.5. The van der Waals surface area contributed by atoms with Crippen LogP contribution in [-0.2, 0) is 4.79 Å². The van der Waals surface area contributed by atoms with Gasteiger partial charge in [-0.1, -0.05) is 23.9 Å². The zero-order valence-electron chi connectivity index (χ0n) is 17.0. The van der Waals surface area contributed by atoms with E-state index in [1.54, 1.807) is 25.3 Å². The molecule has 0 bridgehead atoms. The van der Waals surface area contributed by atoms with E-state index in [-0.39, 0.29) is 23.5 Å². The average Bonchev–Trinajstić information content (AvgIpc) is 3.21. The Morgan fingerprint density at radius 3 is 2.67 bits per heavy atom. The van der Waals surface area contributed by atoms with Crippen molar-refractivity contribution < 1.29 is 18.3 Å². The smallest absolute Gasteiger partial charge is 0.277 e. The number of likely N-dealkylation sites (N-methyl/N-ethyl adjacent to an activating group) is 1. The molecule has 30 heavy (non-hydrogen) atoms. The quantitative estimate of drug-likeness (QED) is 0.521. The Balaban J connectivity index is 1.52. The SMILES string of the molecule is COc1ccc(-c2nnc(SCC(=O)NCC(c3cccc(F)c3)N(C)C)o2)cc1. The number of hydrogen-bond acceptors (Lipinski definition) is 7. The molecule has 1 heterocycles. The van der Waals surface area contributed by atoms with Crippen LogP contribution in [0, 0.1) is 5.82 Å². The number of methoxy groups -OCH3 is 1. The standard InChI is InChI=1S/C21H23FN4O3S/c1-26(2)18(15-5-4-6-16(22)11-15)12-23-19(27)13-30-21-25-24-20(29-21)14-7-9-17(28-3)10-8-14/h4-11,18H,12-13H2,1-3H3,(H,23,27). The maximum absolute atomic E-state index is 13.5. The molecule has 158 valence electrons. The first-order valence-corrected chi connectivity index (χ1v) is 10.2. The van der Waals surface area contributed by atoms with E-state index in [0.717, 1.165) is 28.6 Å². The number of ether oxygens (including phenoxy) is 1. The lowest BCUT2D eigenvalue weighted by Crippen LogP contribution is -2.35. The number of thioether (sulfide) groups is 1. The van der Waals surface area contributed by atoms with Crippen molar-refractivity contribution in [2.75, 3.05) is 33.5 Å². The molecule has 9 heteroatoms. The van der Waals surface area contributed by atoms with Crippen LogP contribution in [0.25, 0.3) is 11.5 Å². The van der Waals surface area contributed by atoms with E-state index in [1.807, 2.05) is 37.2 Å². The van der Waals surface area contributed by atoms with Crippen LogP contribution >= 0.6 is 11.8 Å². The van der Waals surface area contributed by atoms with Gasteiger partial charge in [-0.25, -0.2) is 4.39 Å². The summed E-state index contributed by atoms with van der Waals surface area (Å²) < 4.78 is 24.3. The number of nitrogens with zero attached hydrogens (tertiary/aromatic N) is 3. The Kier molecular flexibility index (Phi) is 7.42. The van der Waals surface area contributed by atoms with E-state index in [0.29, 0.717) is 17.7 Å². The lowest BCUT2D eigenvalue weighted by atomic mass is 10.1. The molecule has 0 saturated heterocycles. The van der Waals surface area contributed by atoms with Crippen molar-refractivity contribution >= 4 is 17.7 Å². The molecule has 1 N–H and O–H groups in total. The number of carbonyl (C=O) groups is 1. The fraction of sp³-hybridized carbons (Fsp3) is 0.286. The van der Waals surface area contributed by atoms with Gasteiger partial charge in [0.05, 0.1) is 18.9 Å². The zero-order valence-corrected chi connectivity index (χ0v) is 17.8. The van der Waals surface area contributed by atoms with Crippen LogP contribution in [0.5, 0.6) is 5.75 Å². The highest BCUT2D eigenvalue weighted by molar-refractivity contribution is 7.99. The van der Waals surface area contributed by atoms with Gasteiger partial charge in [-0.3, -0.25) is 4.79 Å². The minimum atomic E-state index is -0.301. The highest BCUT2D eigenvalue weighted by Crippen LogP contribution is 2.25. The molecule has 0 aliphatic rings. The predicted molar refractivity (Wildman–Crippen MR) is 113 cm³/mol. The van der Waals surface area contributed by atoms with Crippen molar-refractivity contribution in [3.05, 3.63) is 59.9 Å². The molecule has 0 aliphatic carbocycles. The minimum Gasteiger partial charge on any atom is -0.497 e. The van der Waals surface area contributed by atoms with Crippen molar-refractivity contribution in [3.63, 3.8) is 0 Å². The third-order valence-electron chi connectivity index (χ3n) is 4.42. The fourth-order valence-electron chi connectivity index (χ4n) is 2.82. The van der Waals surface area contributed by atoms with E-state index in [1.165, 1.54) is 12.1 Å². The van der Waals surface area contributed by atoms with Gasteiger partial charge in [0.15, 0.2) is 0 Å². The first-order valence-electron chi connectivity index (χ1n) is 9.25. The summed E-state index contributed by atoms with van der Waals surface area (Å²) in [4.78, 5) is 14.2. The van der Waals surface area contributed by atoms with Crippen molar-refractivity contribution in [2.24, 2.45) is 0 Å². The molecule has 1 amide bonds. The summed E-state index contributed by atoms with van der Waals surface area (Å²) in [6, 6.07) is 13.5. The highest BCUT2D eigenvalue weighted by Gasteiger charge is 2.17. The molecule has 0 spiro atoms. The summed E-state index contributed by atoms with van der Waals surface area (Å²) in [5.41, 5.74) is 1.57. The summed E-state index contributed by atoms with van der Waals surface area (Å²) in [6.07, 6.45) is 0. The van der Waals surface area contributed by atoms with Gasteiger partial charge in [-0.05, 0) is 56.1 Å². The van der Waals surface area contributed by atoms with Crippen molar-refractivity contribution in [3.8, 4) is 17.2 Å². The molecule has 0 fully saturated rings. The molecule has 2 aromatic carbocycles. The maximum Gasteiger partial charge on any atom is 0.277 e. The minimum absolute atomic E-state index is 0.132. The number of nitrogens with one attached hydrogen (secondary N) is 1. The van der Waals surface area contributed by atoms with Crippen LogP contribution in [0.2, 0.25) is 0 Å². The molecule has 1 aromatic heterocycles. The van der Waals surface area contributed by atoms with E-state index in [9.17, 15) is 9.18 Å². The predicted octanol–water partition coefficient (Wildman–Crippen LogP) is 3.40. The lowest BCUT2D eigenvalue weighted by molar-refractivity contribution is -0.118. The summed E-state index contributed by atoms with van der Waals surface area (Å²) in [7, 11) is 5.37. The molecule has 0 aliphatic heterocycles. The first kappa shape index (κ1) is 21.8. The van der Waals surface area contributed by atoms with Crippen LogP contribution in [0.1, 0.15) is 11.6 Å². The van der Waals surface area contributed by atoms with Crippen molar-refractivity contribution in [1.29, 1.82) is 0 Å². The number of halogens is 1. The van der Waals surface area contributed by atoms with E-state index in [4.69, 9.17) is 9.15 Å². The van der Waals surface area contributed by atoms with Gasteiger partial charge in [0, 0.05) is 12.1 Å². The van der Waals surface area contributed by atoms with Crippen LogP contribution < -0.4 is 10.1 Å². The molecule has 0 radical (unpaired) electrons. The number of hydrogen-bond donors (Lipinski definition) is 1. The molecular weight excluding hydrogens is 407 g/mol. The number of rotatable bonds is 9. The van der Waals surface area contributed by atoms with E-state index in [2.05, 4.69) is 15.5 Å². The number of aromatic nitrogens is 2. The Bertz CT molecular complexity index is 978. The summed E-state index contributed by atoms with van der Waals surface area (Å²) >= 11 is 1.16. The van der Waals surface area contributed by atoms with Gasteiger partial charge in [-0.15, -0.1) is 10.2 Å². The van der Waals surface area contributed by atoms with Gasteiger partial charge in [0.25, 0.3) is 5.22 Å². The largest absolute Gasteiger partial charge is 0.497 e. The van der Waals surface area contributed by atoms with Crippen LogP contribution in [-0.4, -0.2) is 54.5 Å². The lowest BCUT2D eigenvalue weighted by Gasteiger charge is -2.25. The summed E-state index contributed by atoms with van der Waals surface area (Å²) in [5, 5.41) is 11.2. The number of amides is 1. The van der Waals surface area contributed by atoms with Gasteiger partial charge in [0.2, 0.25) is 11.8 Å². The Hall–Kier alpha value is -2.91. The van der Waals surface area contributed by atoms with Crippen LogP contribution in [0.4, 0.5) is 4.39 Å². The second-order valence-corrected chi connectivity index (χ2v) is 7.66. The molecular formula is C21H23FN4O3S. The van der Waals surface area contributed by atoms with Crippen molar-refractivity contribution in [2.45, 2.75) is 11.3 Å². The number of carbonyl (C=O) groups excluding carboxylic acids is 1. The van der Waals surface area contributed by atoms with Crippen LogP contribution in [0.3, 0.4) is 0 Å². The Labute approximate surface area is 178 Å². The highest BCUT2D eigenvalue weighted by atomic mass is 32.2. The Morgan fingerprint density at radius 1 is 1.23 bits per heavy atom. The normalized spacial score (nSPS) is 12.0. The molecule has 7 nitrogen and oxygen atoms in total. The van der Waals surface area contributed by atoms with Gasteiger partial charge >= 0.3 is 0 Å². The third-order valence-corrected chi connectivity index (χ3v) is 5.24. The zero-order chi connectivity index (χ0) is 21.5. The van der Waals surface area contributed by atoms with Gasteiger partial charge in [-0.2, -0.15) is 0 Å². The topological polar surface area (TPSA) is 80.5 Å². The molecule has 0 saturated carbocycles. The molecule has 1 unspecified atom stereocenters.